The molecule has 3 aromatic rings. The van der Waals surface area contributed by atoms with Crippen LogP contribution in [0.1, 0.15) is 22.6 Å². The SMILES string of the molecule is CN(C)CC[n+]1cnc2c(c1N)[C@H](c1ccccc1)c1ccc(O)cc1O2. The molecular formula is C21H23N4O2+. The van der Waals surface area contributed by atoms with Crippen molar-refractivity contribution in [3.63, 3.8) is 0 Å². The Hall–Kier alpha value is -3.12. The Morgan fingerprint density at radius 3 is 2.70 bits per heavy atom. The molecule has 0 saturated carbocycles. The summed E-state index contributed by atoms with van der Waals surface area (Å²) in [7, 11) is 4.06. The van der Waals surface area contributed by atoms with E-state index in [4.69, 9.17) is 10.5 Å². The lowest BCUT2D eigenvalue weighted by molar-refractivity contribution is -0.685. The van der Waals surface area contributed by atoms with Crippen LogP contribution >= 0.6 is 0 Å². The van der Waals surface area contributed by atoms with E-state index in [0.717, 1.165) is 29.8 Å². The first kappa shape index (κ1) is 17.3. The number of anilines is 1. The van der Waals surface area contributed by atoms with Gasteiger partial charge in [0, 0.05) is 18.2 Å². The zero-order valence-electron chi connectivity index (χ0n) is 15.5. The zero-order chi connectivity index (χ0) is 19.0. The van der Waals surface area contributed by atoms with E-state index < -0.39 is 0 Å². The molecule has 1 aromatic heterocycles. The number of hydrogen-bond acceptors (Lipinski definition) is 5. The summed E-state index contributed by atoms with van der Waals surface area (Å²) in [4.78, 5) is 6.63. The van der Waals surface area contributed by atoms with E-state index in [9.17, 15) is 5.11 Å². The molecule has 2 heterocycles. The van der Waals surface area contributed by atoms with Crippen LogP contribution in [0.4, 0.5) is 5.82 Å². The van der Waals surface area contributed by atoms with Crippen molar-refractivity contribution in [2.24, 2.45) is 0 Å². The first-order valence-electron chi connectivity index (χ1n) is 8.93. The topological polar surface area (TPSA) is 75.5 Å². The maximum Gasteiger partial charge on any atom is 0.306 e. The Labute approximate surface area is 158 Å². The minimum atomic E-state index is -0.107. The van der Waals surface area contributed by atoms with Gasteiger partial charge in [0.05, 0.1) is 12.5 Å². The second-order valence-electron chi connectivity index (χ2n) is 7.01. The maximum absolute atomic E-state index is 9.88. The number of nitrogens with zero attached hydrogens (tertiary/aromatic N) is 3. The second-order valence-corrected chi connectivity index (χ2v) is 7.01. The third-order valence-electron chi connectivity index (χ3n) is 4.85. The van der Waals surface area contributed by atoms with E-state index in [1.165, 1.54) is 0 Å². The molecule has 6 heteroatoms. The van der Waals surface area contributed by atoms with E-state index in [1.807, 2.05) is 42.9 Å². The molecule has 0 bridgehead atoms. The van der Waals surface area contributed by atoms with Gasteiger partial charge in [-0.15, -0.1) is 0 Å². The van der Waals surface area contributed by atoms with Crippen molar-refractivity contribution >= 4 is 5.82 Å². The number of ether oxygens (including phenoxy) is 1. The Bertz CT molecular complexity index is 973. The van der Waals surface area contributed by atoms with Gasteiger partial charge in [-0.2, -0.15) is 0 Å². The molecule has 6 nitrogen and oxygen atoms in total. The van der Waals surface area contributed by atoms with Crippen LogP contribution in [-0.2, 0) is 6.54 Å². The number of benzene rings is 2. The monoisotopic (exact) mass is 363 g/mol. The smallest absolute Gasteiger partial charge is 0.306 e. The lowest BCUT2D eigenvalue weighted by Crippen LogP contribution is -2.43. The van der Waals surface area contributed by atoms with Gasteiger partial charge in [0.25, 0.3) is 0 Å². The van der Waals surface area contributed by atoms with Crippen LogP contribution in [0.25, 0.3) is 0 Å². The highest BCUT2D eigenvalue weighted by atomic mass is 16.5. The predicted molar refractivity (Wildman–Crippen MR) is 103 cm³/mol. The van der Waals surface area contributed by atoms with Crippen LogP contribution < -0.4 is 15.0 Å². The molecule has 3 N–H and O–H groups in total. The van der Waals surface area contributed by atoms with Gasteiger partial charge in [-0.25, -0.2) is 4.57 Å². The molecule has 0 unspecified atom stereocenters. The van der Waals surface area contributed by atoms with Crippen LogP contribution in [0.2, 0.25) is 0 Å². The van der Waals surface area contributed by atoms with Gasteiger partial charge in [-0.1, -0.05) is 41.4 Å². The normalized spacial score (nSPS) is 15.1. The molecule has 2 aromatic carbocycles. The molecule has 138 valence electrons. The summed E-state index contributed by atoms with van der Waals surface area (Å²) < 4.78 is 7.96. The molecule has 0 aliphatic carbocycles. The predicted octanol–water partition coefficient (Wildman–Crippen LogP) is 2.50. The average Bonchev–Trinajstić information content (AvgIpc) is 2.66. The summed E-state index contributed by atoms with van der Waals surface area (Å²) in [6.07, 6.45) is 1.72. The fourth-order valence-corrected chi connectivity index (χ4v) is 3.46. The molecule has 0 amide bonds. The number of hydrogen-bond donors (Lipinski definition) is 2. The lowest BCUT2D eigenvalue weighted by Gasteiger charge is -2.27. The third-order valence-corrected chi connectivity index (χ3v) is 4.85. The lowest BCUT2D eigenvalue weighted by atomic mass is 9.83. The Morgan fingerprint density at radius 2 is 1.96 bits per heavy atom. The molecule has 27 heavy (non-hydrogen) atoms. The van der Waals surface area contributed by atoms with Gasteiger partial charge in [-0.05, 0) is 25.7 Å². The van der Waals surface area contributed by atoms with Crippen LogP contribution in [0, 0.1) is 0 Å². The largest absolute Gasteiger partial charge is 0.508 e. The summed E-state index contributed by atoms with van der Waals surface area (Å²) in [5.74, 6) is 1.79. The third kappa shape index (κ3) is 3.19. The molecule has 4 rings (SSSR count). The summed E-state index contributed by atoms with van der Waals surface area (Å²) >= 11 is 0. The number of nitrogen functional groups attached to an aromatic ring is 1. The number of aromatic nitrogens is 2. The molecule has 0 spiro atoms. The fourth-order valence-electron chi connectivity index (χ4n) is 3.46. The number of phenols is 1. The van der Waals surface area contributed by atoms with Gasteiger partial charge < -0.3 is 20.5 Å². The van der Waals surface area contributed by atoms with Crippen molar-refractivity contribution in [3.8, 4) is 17.4 Å². The van der Waals surface area contributed by atoms with Gasteiger partial charge in [0.1, 0.15) is 17.1 Å². The Kier molecular flexibility index (Phi) is 4.41. The Balaban J connectivity index is 1.88. The fraction of sp³-hybridized carbons (Fsp3) is 0.238. The first-order chi connectivity index (χ1) is 13.0. The molecule has 1 aliphatic heterocycles. The molecule has 0 radical (unpaired) electrons. The Morgan fingerprint density at radius 1 is 1.19 bits per heavy atom. The van der Waals surface area contributed by atoms with Crippen molar-refractivity contribution in [3.05, 3.63) is 71.5 Å². The molecule has 1 atom stereocenters. The standard InChI is InChI=1S/C21H22N4O2/c1-24(2)10-11-25-13-23-21-19(20(25)22)18(14-6-4-3-5-7-14)16-9-8-15(26)12-17(16)27-21/h3-9,12-13,18,22,26H,10-11H2,1-2H3/p+1/t18-/m1/s1. The molecule has 0 fully saturated rings. The van der Waals surface area contributed by atoms with Crippen molar-refractivity contribution in [2.45, 2.75) is 12.5 Å². The van der Waals surface area contributed by atoms with Crippen molar-refractivity contribution < 1.29 is 14.4 Å². The van der Waals surface area contributed by atoms with E-state index in [-0.39, 0.29) is 11.7 Å². The van der Waals surface area contributed by atoms with Crippen LogP contribution in [0.5, 0.6) is 17.4 Å². The molecule has 1 aliphatic rings. The second kappa shape index (κ2) is 6.89. The average molecular weight is 363 g/mol. The van der Waals surface area contributed by atoms with E-state index in [2.05, 4.69) is 22.0 Å². The number of rotatable bonds is 4. The number of phenolic OH excluding ortho intramolecular Hbond substituents is 1. The first-order valence-corrected chi connectivity index (χ1v) is 8.93. The van der Waals surface area contributed by atoms with Crippen LogP contribution in [0.15, 0.2) is 54.9 Å². The van der Waals surface area contributed by atoms with Gasteiger partial charge in [0.15, 0.2) is 0 Å². The number of fused-ring (bicyclic) bond motifs is 2. The molecular weight excluding hydrogens is 340 g/mol. The van der Waals surface area contributed by atoms with Gasteiger partial charge in [0.2, 0.25) is 12.1 Å². The highest BCUT2D eigenvalue weighted by Crippen LogP contribution is 2.48. The van der Waals surface area contributed by atoms with E-state index in [1.54, 1.807) is 18.5 Å². The minimum absolute atomic E-state index is 0.107. The highest BCUT2D eigenvalue weighted by molar-refractivity contribution is 5.62. The number of nitrogens with two attached hydrogens (primary N) is 1. The highest BCUT2D eigenvalue weighted by Gasteiger charge is 2.36. The summed E-state index contributed by atoms with van der Waals surface area (Å²) in [6, 6.07) is 15.4. The van der Waals surface area contributed by atoms with Crippen LogP contribution in [0.3, 0.4) is 0 Å². The van der Waals surface area contributed by atoms with E-state index >= 15 is 0 Å². The zero-order valence-corrected chi connectivity index (χ0v) is 15.5. The quantitative estimate of drug-likeness (QED) is 0.545. The summed E-state index contributed by atoms with van der Waals surface area (Å²) in [6.45, 7) is 1.60. The summed E-state index contributed by atoms with van der Waals surface area (Å²) in [5.41, 5.74) is 9.51. The van der Waals surface area contributed by atoms with Gasteiger partial charge in [-0.3, -0.25) is 0 Å². The minimum Gasteiger partial charge on any atom is -0.508 e. The summed E-state index contributed by atoms with van der Waals surface area (Å²) in [5, 5.41) is 9.88. The number of likely N-dealkylation sites (N-methyl/N-ethyl adjacent to an activating group) is 1. The van der Waals surface area contributed by atoms with Gasteiger partial charge >= 0.3 is 5.88 Å². The molecule has 0 saturated heterocycles. The van der Waals surface area contributed by atoms with E-state index in [0.29, 0.717) is 17.4 Å². The van der Waals surface area contributed by atoms with Crippen LogP contribution in [-0.4, -0.2) is 35.6 Å². The van der Waals surface area contributed by atoms with Crippen molar-refractivity contribution in [2.75, 3.05) is 26.4 Å². The maximum atomic E-state index is 9.88. The van der Waals surface area contributed by atoms with Crippen molar-refractivity contribution in [1.82, 2.24) is 9.88 Å². The number of aromatic hydroxyl groups is 1. The van der Waals surface area contributed by atoms with Crippen molar-refractivity contribution in [1.29, 1.82) is 0 Å².